The Morgan fingerprint density at radius 3 is 2.68 bits per heavy atom. The van der Waals surface area contributed by atoms with Gasteiger partial charge in [-0.3, -0.25) is 4.79 Å². The van der Waals surface area contributed by atoms with Crippen molar-refractivity contribution >= 4 is 22.8 Å². The summed E-state index contributed by atoms with van der Waals surface area (Å²) in [5.41, 5.74) is 1.93. The summed E-state index contributed by atoms with van der Waals surface area (Å²) in [6.45, 7) is 2.56. The van der Waals surface area contributed by atoms with Gasteiger partial charge in [0.05, 0.1) is 6.54 Å². The van der Waals surface area contributed by atoms with Crippen LogP contribution in [0, 0.1) is 0 Å². The van der Waals surface area contributed by atoms with Crippen LogP contribution in [-0.2, 0) is 6.54 Å². The van der Waals surface area contributed by atoms with E-state index in [0.717, 1.165) is 17.8 Å². The topological polar surface area (TPSA) is 20.3 Å². The standard InChI is InChI=1S/C16H17NOS/c1-12(18)15-6-2-3-7-16(15)17(13-8-9-13)11-14-5-4-10-19-14/h2-7,10,13H,8-9,11H2,1H3. The zero-order valence-electron chi connectivity index (χ0n) is 11.0. The fourth-order valence-corrected chi connectivity index (χ4v) is 3.09. The summed E-state index contributed by atoms with van der Waals surface area (Å²) < 4.78 is 0. The van der Waals surface area contributed by atoms with Gasteiger partial charge in [-0.15, -0.1) is 11.3 Å². The van der Waals surface area contributed by atoms with Crippen molar-refractivity contribution in [1.82, 2.24) is 0 Å². The van der Waals surface area contributed by atoms with Crippen molar-refractivity contribution < 1.29 is 4.79 Å². The van der Waals surface area contributed by atoms with Gasteiger partial charge in [-0.25, -0.2) is 0 Å². The van der Waals surface area contributed by atoms with Gasteiger partial charge in [-0.05, 0) is 43.3 Å². The second-order valence-corrected chi connectivity index (χ2v) is 6.04. The first kappa shape index (κ1) is 12.4. The van der Waals surface area contributed by atoms with Crippen LogP contribution in [0.25, 0.3) is 0 Å². The van der Waals surface area contributed by atoms with Crippen molar-refractivity contribution in [2.75, 3.05) is 4.90 Å². The van der Waals surface area contributed by atoms with Crippen LogP contribution in [-0.4, -0.2) is 11.8 Å². The Morgan fingerprint density at radius 2 is 2.05 bits per heavy atom. The summed E-state index contributed by atoms with van der Waals surface area (Å²) in [4.78, 5) is 15.5. The van der Waals surface area contributed by atoms with Gasteiger partial charge in [-0.2, -0.15) is 0 Å². The number of Topliss-reactive ketones (excluding diaryl/α,β-unsaturated/α-hetero) is 1. The molecule has 0 amide bonds. The first-order valence-electron chi connectivity index (χ1n) is 6.64. The van der Waals surface area contributed by atoms with Crippen LogP contribution in [0.15, 0.2) is 41.8 Å². The van der Waals surface area contributed by atoms with Gasteiger partial charge in [0.1, 0.15) is 0 Å². The highest BCUT2D eigenvalue weighted by atomic mass is 32.1. The lowest BCUT2D eigenvalue weighted by atomic mass is 10.1. The van der Waals surface area contributed by atoms with Crippen LogP contribution in [0.5, 0.6) is 0 Å². The van der Waals surface area contributed by atoms with E-state index in [-0.39, 0.29) is 5.78 Å². The largest absolute Gasteiger partial charge is 0.363 e. The number of carbonyl (C=O) groups excluding carboxylic acids is 1. The number of ketones is 1. The number of benzene rings is 1. The molecular weight excluding hydrogens is 254 g/mol. The quantitative estimate of drug-likeness (QED) is 0.762. The summed E-state index contributed by atoms with van der Waals surface area (Å²) in [5.74, 6) is 0.146. The molecule has 1 aliphatic rings. The number of anilines is 1. The average Bonchev–Trinajstić information content (AvgIpc) is 3.13. The minimum Gasteiger partial charge on any atom is -0.363 e. The van der Waals surface area contributed by atoms with E-state index < -0.39 is 0 Å². The van der Waals surface area contributed by atoms with Crippen LogP contribution >= 0.6 is 11.3 Å². The second-order valence-electron chi connectivity index (χ2n) is 5.01. The van der Waals surface area contributed by atoms with E-state index in [2.05, 4.69) is 28.5 Å². The van der Waals surface area contributed by atoms with Crippen LogP contribution < -0.4 is 4.90 Å². The first-order valence-corrected chi connectivity index (χ1v) is 7.52. The molecule has 1 saturated carbocycles. The molecule has 1 aromatic heterocycles. The smallest absolute Gasteiger partial charge is 0.161 e. The van der Waals surface area contributed by atoms with Crippen LogP contribution in [0.3, 0.4) is 0 Å². The molecule has 19 heavy (non-hydrogen) atoms. The van der Waals surface area contributed by atoms with Gasteiger partial charge in [0, 0.05) is 22.2 Å². The molecule has 0 aliphatic heterocycles. The monoisotopic (exact) mass is 271 g/mol. The lowest BCUT2D eigenvalue weighted by Crippen LogP contribution is -2.26. The van der Waals surface area contributed by atoms with Crippen molar-refractivity contribution in [3.05, 3.63) is 52.2 Å². The lowest BCUT2D eigenvalue weighted by Gasteiger charge is -2.26. The molecule has 0 saturated heterocycles. The highest BCUT2D eigenvalue weighted by Crippen LogP contribution is 2.35. The number of hydrogen-bond acceptors (Lipinski definition) is 3. The molecular formula is C16H17NOS. The molecule has 1 aromatic carbocycles. The van der Waals surface area contributed by atoms with E-state index in [4.69, 9.17) is 0 Å². The summed E-state index contributed by atoms with van der Waals surface area (Å²) in [5, 5.41) is 2.11. The SMILES string of the molecule is CC(=O)c1ccccc1N(Cc1cccs1)C1CC1. The molecule has 0 bridgehead atoms. The summed E-state index contributed by atoms with van der Waals surface area (Å²) in [7, 11) is 0. The number of thiophene rings is 1. The van der Waals surface area contributed by atoms with Crippen LogP contribution in [0.4, 0.5) is 5.69 Å². The van der Waals surface area contributed by atoms with E-state index in [1.165, 1.54) is 17.7 Å². The van der Waals surface area contributed by atoms with Crippen molar-refractivity contribution in [3.8, 4) is 0 Å². The maximum absolute atomic E-state index is 11.8. The summed E-state index contributed by atoms with van der Waals surface area (Å²) in [6, 6.07) is 12.8. The molecule has 2 nitrogen and oxygen atoms in total. The molecule has 3 heteroatoms. The predicted molar refractivity (Wildman–Crippen MR) is 80.0 cm³/mol. The van der Waals surface area contributed by atoms with E-state index in [0.29, 0.717) is 6.04 Å². The van der Waals surface area contributed by atoms with Crippen molar-refractivity contribution in [2.45, 2.75) is 32.4 Å². The fraction of sp³-hybridized carbons (Fsp3) is 0.312. The van der Waals surface area contributed by atoms with E-state index in [1.54, 1.807) is 18.3 Å². The number of nitrogens with zero attached hydrogens (tertiary/aromatic N) is 1. The Kier molecular flexibility index (Phi) is 3.38. The molecule has 98 valence electrons. The average molecular weight is 271 g/mol. The van der Waals surface area contributed by atoms with Crippen molar-refractivity contribution in [3.63, 3.8) is 0 Å². The third-order valence-electron chi connectivity index (χ3n) is 3.49. The normalized spacial score (nSPS) is 14.4. The first-order chi connectivity index (χ1) is 9.25. The van der Waals surface area contributed by atoms with Crippen LogP contribution in [0.1, 0.15) is 35.0 Å². The molecule has 3 rings (SSSR count). The molecule has 1 heterocycles. The zero-order valence-corrected chi connectivity index (χ0v) is 11.8. The number of carbonyl (C=O) groups is 1. The Morgan fingerprint density at radius 1 is 1.26 bits per heavy atom. The van der Waals surface area contributed by atoms with Crippen LogP contribution in [0.2, 0.25) is 0 Å². The van der Waals surface area contributed by atoms with E-state index >= 15 is 0 Å². The lowest BCUT2D eigenvalue weighted by molar-refractivity contribution is 0.101. The number of hydrogen-bond donors (Lipinski definition) is 0. The van der Waals surface area contributed by atoms with Gasteiger partial charge < -0.3 is 4.90 Å². The van der Waals surface area contributed by atoms with E-state index in [1.807, 2.05) is 18.2 Å². The van der Waals surface area contributed by atoms with Gasteiger partial charge >= 0.3 is 0 Å². The number of rotatable bonds is 5. The predicted octanol–water partition coefficient (Wildman–Crippen LogP) is 4.12. The Balaban J connectivity index is 1.94. The molecule has 0 unspecified atom stereocenters. The summed E-state index contributed by atoms with van der Waals surface area (Å²) in [6.07, 6.45) is 2.47. The third-order valence-corrected chi connectivity index (χ3v) is 4.35. The van der Waals surface area contributed by atoms with Crippen molar-refractivity contribution in [2.24, 2.45) is 0 Å². The number of para-hydroxylation sites is 1. The molecule has 0 atom stereocenters. The molecule has 1 fully saturated rings. The van der Waals surface area contributed by atoms with E-state index in [9.17, 15) is 4.79 Å². The maximum Gasteiger partial charge on any atom is 0.161 e. The van der Waals surface area contributed by atoms with Gasteiger partial charge in [0.25, 0.3) is 0 Å². The third kappa shape index (κ3) is 2.71. The highest BCUT2D eigenvalue weighted by Gasteiger charge is 2.31. The molecule has 0 spiro atoms. The minimum atomic E-state index is 0.146. The van der Waals surface area contributed by atoms with Crippen molar-refractivity contribution in [1.29, 1.82) is 0 Å². The molecule has 2 aromatic rings. The zero-order chi connectivity index (χ0) is 13.2. The Labute approximate surface area is 117 Å². The fourth-order valence-electron chi connectivity index (χ4n) is 2.39. The minimum absolute atomic E-state index is 0.146. The molecule has 0 radical (unpaired) electrons. The Bertz CT molecular complexity index is 572. The molecule has 0 N–H and O–H groups in total. The van der Waals surface area contributed by atoms with Gasteiger partial charge in [0.2, 0.25) is 0 Å². The molecule has 1 aliphatic carbocycles. The van der Waals surface area contributed by atoms with Gasteiger partial charge in [-0.1, -0.05) is 18.2 Å². The Hall–Kier alpha value is -1.61. The van der Waals surface area contributed by atoms with Gasteiger partial charge in [0.15, 0.2) is 5.78 Å². The summed E-state index contributed by atoms with van der Waals surface area (Å²) >= 11 is 1.78. The second kappa shape index (κ2) is 5.17. The maximum atomic E-state index is 11.8. The highest BCUT2D eigenvalue weighted by molar-refractivity contribution is 7.09.